The highest BCUT2D eigenvalue weighted by molar-refractivity contribution is 9.10. The van der Waals surface area contributed by atoms with E-state index in [1.807, 2.05) is 0 Å². The van der Waals surface area contributed by atoms with E-state index in [-0.39, 0.29) is 18.2 Å². The minimum atomic E-state index is -4.61. The van der Waals surface area contributed by atoms with Crippen molar-refractivity contribution in [1.29, 1.82) is 0 Å². The van der Waals surface area contributed by atoms with E-state index < -0.39 is 11.9 Å². The molecule has 96 valence electrons. The third-order valence-corrected chi connectivity index (χ3v) is 2.92. The molecule has 0 amide bonds. The van der Waals surface area contributed by atoms with Crippen LogP contribution in [0.2, 0.25) is 0 Å². The number of imidazole rings is 1. The molecule has 3 nitrogen and oxygen atoms in total. The van der Waals surface area contributed by atoms with E-state index in [2.05, 4.69) is 25.9 Å². The van der Waals surface area contributed by atoms with E-state index >= 15 is 0 Å². The summed E-state index contributed by atoms with van der Waals surface area (Å²) in [6.07, 6.45) is -2.71. The number of aromatic nitrogens is 3. The molecular formula is C9H4BrF4N3S. The quantitative estimate of drug-likeness (QED) is 0.608. The molecule has 0 aromatic carbocycles. The Morgan fingerprint density at radius 1 is 1.28 bits per heavy atom. The van der Waals surface area contributed by atoms with Crippen molar-refractivity contribution < 1.29 is 17.1 Å². The first-order valence-corrected chi connectivity index (χ1v) is 5.96. The number of rotatable bonds is 2. The summed E-state index contributed by atoms with van der Waals surface area (Å²) in [6.45, 7) is 0. The smallest absolute Gasteiger partial charge is 0.249 e. The second-order valence-corrected chi connectivity index (χ2v) is 4.56. The highest BCUT2D eigenvalue weighted by Crippen LogP contribution is 2.32. The highest BCUT2D eigenvalue weighted by atomic mass is 79.9. The van der Waals surface area contributed by atoms with Crippen molar-refractivity contribution >= 4 is 28.3 Å². The van der Waals surface area contributed by atoms with Crippen molar-refractivity contribution in [1.82, 2.24) is 13.9 Å². The van der Waals surface area contributed by atoms with Crippen LogP contribution in [0.25, 0.3) is 11.4 Å². The van der Waals surface area contributed by atoms with E-state index in [4.69, 9.17) is 0 Å². The van der Waals surface area contributed by atoms with Crippen LogP contribution in [0.5, 0.6) is 0 Å². The third-order valence-electron chi connectivity index (χ3n) is 2.03. The molecule has 0 spiro atoms. The molecule has 0 atom stereocenters. The number of hydrogen-bond acceptors (Lipinski definition) is 3. The van der Waals surface area contributed by atoms with Gasteiger partial charge in [0, 0.05) is 11.8 Å². The molecule has 0 radical (unpaired) electrons. The van der Waals surface area contributed by atoms with Gasteiger partial charge in [0.2, 0.25) is 0 Å². The van der Waals surface area contributed by atoms with Crippen LogP contribution in [0.4, 0.5) is 17.1 Å². The molecule has 2 heterocycles. The molecule has 9 heteroatoms. The molecule has 0 saturated carbocycles. The van der Waals surface area contributed by atoms with Crippen molar-refractivity contribution in [3.05, 3.63) is 34.8 Å². The Labute approximate surface area is 112 Å². The number of alkyl halides is 3. The third kappa shape index (κ3) is 2.66. The summed E-state index contributed by atoms with van der Waals surface area (Å²) in [6, 6.07) is 3.02. The van der Waals surface area contributed by atoms with Crippen LogP contribution in [-0.2, 0) is 6.18 Å². The number of hydrogen-bond donors (Lipinski definition) is 0. The predicted molar refractivity (Wildman–Crippen MR) is 62.3 cm³/mol. The summed E-state index contributed by atoms with van der Waals surface area (Å²) in [5.41, 5.74) is -0.857. The van der Waals surface area contributed by atoms with Crippen LogP contribution in [0.15, 0.2) is 29.1 Å². The number of pyridine rings is 1. The van der Waals surface area contributed by atoms with Crippen LogP contribution in [-0.4, -0.2) is 13.9 Å². The zero-order valence-electron chi connectivity index (χ0n) is 8.45. The molecule has 0 unspecified atom stereocenters. The fourth-order valence-electron chi connectivity index (χ4n) is 1.25. The Balaban J connectivity index is 2.50. The summed E-state index contributed by atoms with van der Waals surface area (Å²) >= 11 is 2.74. The lowest BCUT2D eigenvalue weighted by atomic mass is 10.3. The molecule has 2 rings (SSSR count). The molecule has 18 heavy (non-hydrogen) atoms. The average Bonchev–Trinajstić information content (AvgIpc) is 2.73. The van der Waals surface area contributed by atoms with Gasteiger partial charge < -0.3 is 0 Å². The van der Waals surface area contributed by atoms with Gasteiger partial charge in [0.15, 0.2) is 23.9 Å². The lowest BCUT2D eigenvalue weighted by Gasteiger charge is -2.00. The van der Waals surface area contributed by atoms with Crippen molar-refractivity contribution in [3.8, 4) is 11.4 Å². The molecular weight excluding hydrogens is 338 g/mol. The van der Waals surface area contributed by atoms with Gasteiger partial charge in [-0.1, -0.05) is 0 Å². The van der Waals surface area contributed by atoms with Crippen LogP contribution in [0, 0.1) is 0 Å². The second-order valence-electron chi connectivity index (χ2n) is 3.21. The van der Waals surface area contributed by atoms with Gasteiger partial charge in [0.05, 0.1) is 6.20 Å². The summed E-state index contributed by atoms with van der Waals surface area (Å²) in [5, 5.41) is 0. The van der Waals surface area contributed by atoms with Gasteiger partial charge in [-0.2, -0.15) is 13.2 Å². The SMILES string of the molecule is FSn1cc(C(F)(F)F)nc1-c1ccc(Br)nc1. The minimum absolute atomic E-state index is 0.144. The van der Waals surface area contributed by atoms with Crippen molar-refractivity contribution in [3.63, 3.8) is 0 Å². The Hall–Kier alpha value is -1.09. The van der Waals surface area contributed by atoms with E-state index in [1.54, 1.807) is 0 Å². The molecule has 0 N–H and O–H groups in total. The minimum Gasteiger partial charge on any atom is -0.249 e. The summed E-state index contributed by atoms with van der Waals surface area (Å²) in [5.74, 6) is -0.144. The Bertz CT molecular complexity index is 552. The normalized spacial score (nSPS) is 11.8. The van der Waals surface area contributed by atoms with Gasteiger partial charge in [-0.15, -0.1) is 3.89 Å². The number of halogens is 5. The Morgan fingerprint density at radius 3 is 2.50 bits per heavy atom. The fraction of sp³-hybridized carbons (Fsp3) is 0.111. The first-order valence-electron chi connectivity index (χ1n) is 4.49. The lowest BCUT2D eigenvalue weighted by Crippen LogP contribution is -2.04. The van der Waals surface area contributed by atoms with Crippen LogP contribution in [0.1, 0.15) is 5.69 Å². The van der Waals surface area contributed by atoms with Crippen LogP contribution in [0.3, 0.4) is 0 Å². The first-order chi connectivity index (χ1) is 8.41. The van der Waals surface area contributed by atoms with Crippen molar-refractivity contribution in [2.24, 2.45) is 0 Å². The van der Waals surface area contributed by atoms with Crippen LogP contribution >= 0.6 is 28.3 Å². The Morgan fingerprint density at radius 2 is 2.00 bits per heavy atom. The average molecular weight is 342 g/mol. The predicted octanol–water partition coefficient (Wildman–Crippen LogP) is 4.11. The van der Waals surface area contributed by atoms with E-state index in [9.17, 15) is 17.1 Å². The largest absolute Gasteiger partial charge is 0.434 e. The molecule has 2 aromatic rings. The van der Waals surface area contributed by atoms with Crippen LogP contribution < -0.4 is 0 Å². The van der Waals surface area contributed by atoms with E-state index in [0.717, 1.165) is 0 Å². The van der Waals surface area contributed by atoms with Gasteiger partial charge in [-0.3, -0.25) is 0 Å². The molecule has 2 aromatic heterocycles. The lowest BCUT2D eigenvalue weighted by molar-refractivity contribution is -0.140. The van der Waals surface area contributed by atoms with Gasteiger partial charge in [0.1, 0.15) is 4.60 Å². The molecule has 0 aliphatic carbocycles. The molecule has 0 bridgehead atoms. The molecule has 0 saturated heterocycles. The zero-order chi connectivity index (χ0) is 13.3. The summed E-state index contributed by atoms with van der Waals surface area (Å²) in [7, 11) is 0. The topological polar surface area (TPSA) is 30.7 Å². The number of nitrogens with zero attached hydrogens (tertiary/aromatic N) is 3. The Kier molecular flexibility index (Phi) is 3.62. The van der Waals surface area contributed by atoms with Gasteiger partial charge in [0.25, 0.3) is 0 Å². The maximum Gasteiger partial charge on any atom is 0.434 e. The van der Waals surface area contributed by atoms with Gasteiger partial charge >= 0.3 is 6.18 Å². The first kappa shape index (κ1) is 13.3. The zero-order valence-corrected chi connectivity index (χ0v) is 10.9. The van der Waals surface area contributed by atoms with Gasteiger partial charge in [-0.05, 0) is 28.1 Å². The highest BCUT2D eigenvalue weighted by Gasteiger charge is 2.35. The fourth-order valence-corrected chi connectivity index (χ4v) is 1.84. The van der Waals surface area contributed by atoms with Gasteiger partial charge in [-0.25, -0.2) is 13.9 Å². The monoisotopic (exact) mass is 341 g/mol. The molecule has 0 aliphatic heterocycles. The molecule has 0 fully saturated rings. The summed E-state index contributed by atoms with van der Waals surface area (Å²) in [4.78, 5) is 7.23. The second kappa shape index (κ2) is 4.88. The maximum atomic E-state index is 12.6. The maximum absolute atomic E-state index is 12.6. The molecule has 0 aliphatic rings. The van der Waals surface area contributed by atoms with Crippen molar-refractivity contribution in [2.45, 2.75) is 6.18 Å². The van der Waals surface area contributed by atoms with Crippen molar-refractivity contribution in [2.75, 3.05) is 0 Å². The standard InChI is InChI=1S/C9H4BrF4N3S/c10-7-2-1-5(3-15-7)8-16-6(9(11,12)13)4-17(8)18-14/h1-4H. The van der Waals surface area contributed by atoms with E-state index in [0.29, 0.717) is 20.3 Å². The van der Waals surface area contributed by atoms with E-state index in [1.165, 1.54) is 18.3 Å². The summed E-state index contributed by atoms with van der Waals surface area (Å²) < 4.78 is 51.2.